The summed E-state index contributed by atoms with van der Waals surface area (Å²) in [7, 11) is 1.75. The van der Waals surface area contributed by atoms with Gasteiger partial charge in [-0.15, -0.1) is 0 Å². The monoisotopic (exact) mass is 316 g/mol. The molecular weight excluding hydrogens is 293 g/mol. The van der Waals surface area contributed by atoms with Crippen molar-refractivity contribution in [2.24, 2.45) is 0 Å². The summed E-state index contributed by atoms with van der Waals surface area (Å²) in [6.45, 7) is 1.47. The predicted octanol–water partition coefficient (Wildman–Crippen LogP) is 2.93. The third-order valence-corrected chi connectivity index (χ3v) is 3.33. The Labute approximate surface area is 129 Å². The standard InChI is InChI=1S/C16H23F3N2O/c1-13-5-7-14(8-6-13)9-11-21(12-16(17,18)19)15(22)4-3-10-20-2/h5-8,20H,3-4,9-12H2,1-2H3. The van der Waals surface area contributed by atoms with Crippen molar-refractivity contribution in [2.45, 2.75) is 32.4 Å². The number of aryl methyl sites for hydroxylation is 1. The van der Waals surface area contributed by atoms with Crippen LogP contribution in [0.4, 0.5) is 13.2 Å². The van der Waals surface area contributed by atoms with Crippen LogP contribution in [0.3, 0.4) is 0 Å². The van der Waals surface area contributed by atoms with Crippen LogP contribution in [0.5, 0.6) is 0 Å². The SMILES string of the molecule is CNCCCC(=O)N(CCc1ccc(C)cc1)CC(F)(F)F. The molecule has 0 saturated heterocycles. The summed E-state index contributed by atoms with van der Waals surface area (Å²) in [6.07, 6.45) is -3.28. The van der Waals surface area contributed by atoms with Crippen molar-refractivity contribution in [1.82, 2.24) is 10.2 Å². The Morgan fingerprint density at radius 1 is 1.23 bits per heavy atom. The fourth-order valence-corrected chi connectivity index (χ4v) is 2.10. The number of carbonyl (C=O) groups is 1. The molecule has 0 radical (unpaired) electrons. The normalized spacial score (nSPS) is 11.5. The van der Waals surface area contributed by atoms with Crippen LogP contribution >= 0.6 is 0 Å². The van der Waals surface area contributed by atoms with Gasteiger partial charge >= 0.3 is 6.18 Å². The van der Waals surface area contributed by atoms with Gasteiger partial charge in [-0.2, -0.15) is 13.2 Å². The van der Waals surface area contributed by atoms with Crippen LogP contribution in [0.25, 0.3) is 0 Å². The lowest BCUT2D eigenvalue weighted by Crippen LogP contribution is -2.40. The largest absolute Gasteiger partial charge is 0.406 e. The van der Waals surface area contributed by atoms with Gasteiger partial charge in [0.15, 0.2) is 0 Å². The summed E-state index contributed by atoms with van der Waals surface area (Å²) < 4.78 is 37.9. The van der Waals surface area contributed by atoms with E-state index in [0.29, 0.717) is 19.4 Å². The number of carbonyl (C=O) groups excluding carboxylic acids is 1. The van der Waals surface area contributed by atoms with Crippen molar-refractivity contribution in [2.75, 3.05) is 26.7 Å². The highest BCUT2D eigenvalue weighted by molar-refractivity contribution is 5.76. The molecule has 1 aromatic rings. The Balaban J connectivity index is 2.60. The molecule has 6 heteroatoms. The Kier molecular flexibility index (Phi) is 7.38. The van der Waals surface area contributed by atoms with Crippen molar-refractivity contribution in [3.63, 3.8) is 0 Å². The van der Waals surface area contributed by atoms with Gasteiger partial charge in [-0.25, -0.2) is 0 Å². The molecule has 0 heterocycles. The minimum absolute atomic E-state index is 0.0843. The Hall–Kier alpha value is -1.56. The van der Waals surface area contributed by atoms with Gasteiger partial charge in [0.05, 0.1) is 0 Å². The fraction of sp³-hybridized carbons (Fsp3) is 0.562. The fourth-order valence-electron chi connectivity index (χ4n) is 2.10. The molecule has 0 aliphatic heterocycles. The molecule has 1 aromatic carbocycles. The Morgan fingerprint density at radius 3 is 2.41 bits per heavy atom. The predicted molar refractivity (Wildman–Crippen MR) is 80.7 cm³/mol. The van der Waals surface area contributed by atoms with E-state index in [1.807, 2.05) is 31.2 Å². The van der Waals surface area contributed by atoms with Crippen LogP contribution in [0.1, 0.15) is 24.0 Å². The Bertz CT molecular complexity index is 457. The molecule has 0 atom stereocenters. The first kappa shape index (κ1) is 18.5. The van der Waals surface area contributed by atoms with E-state index in [1.54, 1.807) is 7.05 Å². The van der Waals surface area contributed by atoms with E-state index in [-0.39, 0.29) is 13.0 Å². The number of benzene rings is 1. The summed E-state index contributed by atoms with van der Waals surface area (Å²) in [4.78, 5) is 12.9. The highest BCUT2D eigenvalue weighted by Crippen LogP contribution is 2.18. The van der Waals surface area contributed by atoms with Crippen LogP contribution in [0.15, 0.2) is 24.3 Å². The minimum Gasteiger partial charge on any atom is -0.333 e. The molecule has 1 N–H and O–H groups in total. The zero-order valence-corrected chi connectivity index (χ0v) is 13.0. The van der Waals surface area contributed by atoms with Gasteiger partial charge in [0.1, 0.15) is 6.54 Å². The molecule has 22 heavy (non-hydrogen) atoms. The summed E-state index contributed by atoms with van der Waals surface area (Å²) in [5, 5.41) is 2.88. The highest BCUT2D eigenvalue weighted by Gasteiger charge is 2.32. The first-order valence-electron chi connectivity index (χ1n) is 7.36. The lowest BCUT2D eigenvalue weighted by molar-refractivity contribution is -0.161. The van der Waals surface area contributed by atoms with E-state index in [2.05, 4.69) is 5.32 Å². The van der Waals surface area contributed by atoms with E-state index in [9.17, 15) is 18.0 Å². The zero-order chi connectivity index (χ0) is 16.6. The second kappa shape index (κ2) is 8.78. The summed E-state index contributed by atoms with van der Waals surface area (Å²) >= 11 is 0. The third-order valence-electron chi connectivity index (χ3n) is 3.33. The maximum Gasteiger partial charge on any atom is 0.406 e. The van der Waals surface area contributed by atoms with Gasteiger partial charge in [0, 0.05) is 13.0 Å². The van der Waals surface area contributed by atoms with Crippen LogP contribution in [-0.4, -0.2) is 43.7 Å². The number of nitrogens with one attached hydrogen (secondary N) is 1. The average molecular weight is 316 g/mol. The van der Waals surface area contributed by atoms with Crippen LogP contribution < -0.4 is 5.32 Å². The van der Waals surface area contributed by atoms with Gasteiger partial charge in [-0.1, -0.05) is 29.8 Å². The number of rotatable bonds is 8. The Morgan fingerprint density at radius 2 is 1.86 bits per heavy atom. The van der Waals surface area contributed by atoms with E-state index in [1.165, 1.54) is 0 Å². The quantitative estimate of drug-likeness (QED) is 0.748. The van der Waals surface area contributed by atoms with Crippen LogP contribution in [0.2, 0.25) is 0 Å². The lowest BCUT2D eigenvalue weighted by atomic mass is 10.1. The number of hydrogen-bond donors (Lipinski definition) is 1. The van der Waals surface area contributed by atoms with E-state index >= 15 is 0 Å². The minimum atomic E-state index is -4.37. The molecule has 0 unspecified atom stereocenters. The molecule has 3 nitrogen and oxygen atoms in total. The molecule has 1 amide bonds. The van der Waals surface area contributed by atoms with Gasteiger partial charge in [-0.05, 0) is 38.9 Å². The highest BCUT2D eigenvalue weighted by atomic mass is 19.4. The number of nitrogens with zero attached hydrogens (tertiary/aromatic N) is 1. The number of halogens is 3. The number of hydrogen-bond acceptors (Lipinski definition) is 2. The molecule has 0 aliphatic rings. The van der Waals surface area contributed by atoms with Crippen molar-refractivity contribution in [3.8, 4) is 0 Å². The van der Waals surface area contributed by atoms with Gasteiger partial charge in [0.25, 0.3) is 0 Å². The van der Waals surface area contributed by atoms with Crippen molar-refractivity contribution < 1.29 is 18.0 Å². The summed E-state index contributed by atoms with van der Waals surface area (Å²) in [6, 6.07) is 7.59. The maximum absolute atomic E-state index is 12.6. The molecule has 0 aliphatic carbocycles. The molecular formula is C16H23F3N2O. The average Bonchev–Trinajstić information content (AvgIpc) is 2.44. The second-order valence-electron chi connectivity index (χ2n) is 5.37. The third kappa shape index (κ3) is 7.45. The molecule has 124 valence electrons. The van der Waals surface area contributed by atoms with E-state index in [4.69, 9.17) is 0 Å². The topological polar surface area (TPSA) is 32.3 Å². The van der Waals surface area contributed by atoms with Crippen LogP contribution in [-0.2, 0) is 11.2 Å². The first-order chi connectivity index (χ1) is 10.3. The summed E-state index contributed by atoms with van der Waals surface area (Å²) in [5.74, 6) is -0.445. The van der Waals surface area contributed by atoms with Crippen molar-refractivity contribution >= 4 is 5.91 Å². The van der Waals surface area contributed by atoms with Gasteiger partial charge < -0.3 is 10.2 Å². The maximum atomic E-state index is 12.6. The molecule has 0 aromatic heterocycles. The van der Waals surface area contributed by atoms with E-state index in [0.717, 1.165) is 16.0 Å². The molecule has 0 spiro atoms. The number of amides is 1. The summed E-state index contributed by atoms with van der Waals surface area (Å²) in [5.41, 5.74) is 2.03. The lowest BCUT2D eigenvalue weighted by Gasteiger charge is -2.24. The first-order valence-corrected chi connectivity index (χ1v) is 7.36. The molecule has 0 bridgehead atoms. The molecule has 1 rings (SSSR count). The molecule has 0 saturated carbocycles. The smallest absolute Gasteiger partial charge is 0.333 e. The second-order valence-corrected chi connectivity index (χ2v) is 5.37. The van der Waals surface area contributed by atoms with Gasteiger partial charge in [-0.3, -0.25) is 4.79 Å². The van der Waals surface area contributed by atoms with E-state index < -0.39 is 18.6 Å². The van der Waals surface area contributed by atoms with Crippen molar-refractivity contribution in [1.29, 1.82) is 0 Å². The van der Waals surface area contributed by atoms with Gasteiger partial charge in [0.2, 0.25) is 5.91 Å². The van der Waals surface area contributed by atoms with Crippen molar-refractivity contribution in [3.05, 3.63) is 35.4 Å². The molecule has 0 fully saturated rings. The zero-order valence-electron chi connectivity index (χ0n) is 13.0. The van der Waals surface area contributed by atoms with Crippen LogP contribution in [0, 0.1) is 6.92 Å². The number of alkyl halides is 3.